The number of ketones is 1. The molecule has 0 radical (unpaired) electrons. The molecule has 0 bridgehead atoms. The average molecular weight is 594 g/mol. The van der Waals surface area contributed by atoms with E-state index in [9.17, 15) is 18.8 Å². The number of aromatic nitrogens is 1. The summed E-state index contributed by atoms with van der Waals surface area (Å²) in [6.45, 7) is 11.1. The van der Waals surface area contributed by atoms with E-state index in [4.69, 9.17) is 14.9 Å². The van der Waals surface area contributed by atoms with Gasteiger partial charge in [-0.3, -0.25) is 29.3 Å². The molecule has 2 heterocycles. The molecule has 1 saturated heterocycles. The Hall–Kier alpha value is -4.25. The van der Waals surface area contributed by atoms with Crippen molar-refractivity contribution in [3.05, 3.63) is 65.1 Å². The molecule has 2 unspecified atom stereocenters. The Balaban J connectivity index is 1.72. The second-order valence-electron chi connectivity index (χ2n) is 12.2. The summed E-state index contributed by atoms with van der Waals surface area (Å²) < 4.78 is 26.2. The molecular formula is C32H40FN5O5. The molecule has 1 aromatic heterocycles. The van der Waals surface area contributed by atoms with Crippen molar-refractivity contribution in [1.29, 1.82) is 5.41 Å². The molecule has 1 fully saturated rings. The summed E-state index contributed by atoms with van der Waals surface area (Å²) in [5, 5.41) is 8.93. The lowest BCUT2D eigenvalue weighted by Gasteiger charge is -2.44. The molecule has 10 nitrogen and oxygen atoms in total. The van der Waals surface area contributed by atoms with Crippen LogP contribution in [0, 0.1) is 11.2 Å². The van der Waals surface area contributed by atoms with Gasteiger partial charge in [0.15, 0.2) is 0 Å². The zero-order valence-corrected chi connectivity index (χ0v) is 26.0. The van der Waals surface area contributed by atoms with E-state index in [-0.39, 0.29) is 46.7 Å². The van der Waals surface area contributed by atoms with E-state index in [1.807, 2.05) is 13.8 Å². The first kappa shape index (κ1) is 31.7. The largest absolute Gasteiger partial charge is 0.496 e. The number of rotatable bonds is 6. The molecular weight excluding hydrogens is 553 g/mol. The van der Waals surface area contributed by atoms with Crippen molar-refractivity contribution in [2.75, 3.05) is 34.3 Å². The zero-order chi connectivity index (χ0) is 31.8. The second-order valence-corrected chi connectivity index (χ2v) is 12.2. The van der Waals surface area contributed by atoms with Crippen LogP contribution < -0.4 is 4.74 Å². The number of Topliss-reactive ketones (excluding diaryl/α,β-unsaturated/α-hetero) is 1. The maximum Gasteiger partial charge on any atom is 0.294 e. The van der Waals surface area contributed by atoms with E-state index in [2.05, 4.69) is 4.90 Å². The van der Waals surface area contributed by atoms with Gasteiger partial charge >= 0.3 is 0 Å². The number of carbonyl (C=O) groups excluding carboxylic acids is 3. The number of ether oxygens (including phenoxy) is 2. The fourth-order valence-electron chi connectivity index (χ4n) is 5.28. The van der Waals surface area contributed by atoms with Gasteiger partial charge in [-0.05, 0) is 58.4 Å². The normalized spacial score (nSPS) is 17.6. The van der Waals surface area contributed by atoms with E-state index in [1.54, 1.807) is 49.9 Å². The number of halogens is 1. The van der Waals surface area contributed by atoms with Crippen LogP contribution in [0.25, 0.3) is 10.9 Å². The van der Waals surface area contributed by atoms with E-state index in [1.165, 1.54) is 49.0 Å². The van der Waals surface area contributed by atoms with Crippen LogP contribution in [0.5, 0.6) is 5.75 Å². The quantitative estimate of drug-likeness (QED) is 0.197. The summed E-state index contributed by atoms with van der Waals surface area (Å²) in [6.07, 6.45) is 1.40. The van der Waals surface area contributed by atoms with Crippen LogP contribution in [0.4, 0.5) is 4.39 Å². The van der Waals surface area contributed by atoms with Gasteiger partial charge in [-0.15, -0.1) is 0 Å². The molecule has 11 heteroatoms. The van der Waals surface area contributed by atoms with Gasteiger partial charge in [-0.1, -0.05) is 12.1 Å². The number of hydrogen-bond acceptors (Lipinski definition) is 7. The molecule has 1 aliphatic rings. The van der Waals surface area contributed by atoms with Gasteiger partial charge in [0.1, 0.15) is 17.2 Å². The van der Waals surface area contributed by atoms with E-state index >= 15 is 0 Å². The van der Waals surface area contributed by atoms with E-state index < -0.39 is 17.3 Å². The highest BCUT2D eigenvalue weighted by Crippen LogP contribution is 2.33. The maximum atomic E-state index is 14.1. The molecule has 0 saturated carbocycles. The van der Waals surface area contributed by atoms with Gasteiger partial charge < -0.3 is 19.3 Å². The predicted octanol–water partition coefficient (Wildman–Crippen LogP) is 4.39. The van der Waals surface area contributed by atoms with Gasteiger partial charge in [-0.25, -0.2) is 4.39 Å². The molecule has 43 heavy (non-hydrogen) atoms. The third-order valence-corrected chi connectivity index (χ3v) is 7.50. The summed E-state index contributed by atoms with van der Waals surface area (Å²) in [7, 11) is 4.43. The number of likely N-dealkylation sites (N-methyl/N-ethyl adjacent to an activating group) is 1. The molecule has 230 valence electrons. The zero-order valence-electron chi connectivity index (χ0n) is 26.0. The van der Waals surface area contributed by atoms with Gasteiger partial charge in [0, 0.05) is 63.5 Å². The fraction of sp³-hybridized carbons (Fsp3) is 0.438. The molecule has 2 amide bonds. The molecule has 1 N–H and O–H groups in total. The van der Waals surface area contributed by atoms with Crippen LogP contribution in [0.2, 0.25) is 0 Å². The van der Waals surface area contributed by atoms with E-state index in [0.29, 0.717) is 30.5 Å². The van der Waals surface area contributed by atoms with Crippen molar-refractivity contribution in [3.63, 3.8) is 0 Å². The number of benzene rings is 2. The third-order valence-electron chi connectivity index (χ3n) is 7.50. The number of nitrogens with one attached hydrogen (secondary N) is 1. The Bertz CT molecular complexity index is 1560. The fourth-order valence-corrected chi connectivity index (χ4v) is 5.28. The standard InChI is InChI=1S/C32H40FN5O5/c1-19-16-37(20(2)15-36(19)17-21-9-11-22(33)12-10-21)29(40)24-13-23-25(28(39)30(41)35(6)7)18-38(26(23)14-27(24)42-8)31(34)43-32(3,4)5/h9-14,18-20,34H,15-17H2,1-8H3. The molecule has 2 aromatic carbocycles. The molecule has 1 aliphatic heterocycles. The summed E-state index contributed by atoms with van der Waals surface area (Å²) in [5.41, 5.74) is 0.986. The summed E-state index contributed by atoms with van der Waals surface area (Å²) in [4.78, 5) is 45.3. The van der Waals surface area contributed by atoms with Crippen molar-refractivity contribution < 1.29 is 28.2 Å². The minimum atomic E-state index is -0.766. The summed E-state index contributed by atoms with van der Waals surface area (Å²) in [5.74, 6) is -1.78. The van der Waals surface area contributed by atoms with Crippen molar-refractivity contribution in [2.45, 2.75) is 58.8 Å². The Labute approximate surface area is 251 Å². The smallest absolute Gasteiger partial charge is 0.294 e. The number of methoxy groups -OCH3 is 1. The highest BCUT2D eigenvalue weighted by atomic mass is 19.1. The average Bonchev–Trinajstić information content (AvgIpc) is 3.31. The topological polar surface area (TPSA) is 108 Å². The number of hydrogen-bond donors (Lipinski definition) is 1. The van der Waals surface area contributed by atoms with Crippen LogP contribution >= 0.6 is 0 Å². The van der Waals surface area contributed by atoms with Gasteiger partial charge in [-0.2, -0.15) is 0 Å². The number of fused-ring (bicyclic) bond motifs is 1. The highest BCUT2D eigenvalue weighted by molar-refractivity contribution is 6.45. The van der Waals surface area contributed by atoms with Crippen LogP contribution in [0.3, 0.4) is 0 Å². The Morgan fingerprint density at radius 3 is 2.26 bits per heavy atom. The molecule has 0 aliphatic carbocycles. The lowest BCUT2D eigenvalue weighted by molar-refractivity contribution is -0.124. The molecule has 4 rings (SSSR count). The molecule has 2 atom stereocenters. The van der Waals surface area contributed by atoms with Gasteiger partial charge in [0.05, 0.1) is 23.8 Å². The minimum absolute atomic E-state index is 0.0193. The molecule has 0 spiro atoms. The Kier molecular flexibility index (Phi) is 8.96. The number of carbonyl (C=O) groups is 3. The van der Waals surface area contributed by atoms with Crippen molar-refractivity contribution in [3.8, 4) is 5.75 Å². The molecule has 3 aromatic rings. The van der Waals surface area contributed by atoms with Crippen molar-refractivity contribution >= 4 is 34.5 Å². The van der Waals surface area contributed by atoms with Crippen LogP contribution in [0.15, 0.2) is 42.6 Å². The first-order valence-corrected chi connectivity index (χ1v) is 14.2. The third kappa shape index (κ3) is 6.72. The first-order valence-electron chi connectivity index (χ1n) is 14.2. The first-order chi connectivity index (χ1) is 20.1. The number of nitrogens with zero attached hydrogens (tertiary/aromatic N) is 4. The van der Waals surface area contributed by atoms with Crippen LogP contribution in [0.1, 0.15) is 60.9 Å². The van der Waals surface area contributed by atoms with Crippen molar-refractivity contribution in [2.24, 2.45) is 0 Å². The maximum absolute atomic E-state index is 14.1. The predicted molar refractivity (Wildman–Crippen MR) is 162 cm³/mol. The van der Waals surface area contributed by atoms with Crippen LogP contribution in [-0.4, -0.2) is 94.9 Å². The van der Waals surface area contributed by atoms with Gasteiger partial charge in [0.2, 0.25) is 0 Å². The highest BCUT2D eigenvalue weighted by Gasteiger charge is 2.35. The minimum Gasteiger partial charge on any atom is -0.496 e. The SMILES string of the molecule is COc1cc2c(cc1C(=O)N1CC(C)N(Cc3ccc(F)cc3)CC1C)c(C(=O)C(=O)N(C)C)cn2C(=N)OC(C)(C)C. The van der Waals surface area contributed by atoms with Gasteiger partial charge in [0.25, 0.3) is 23.6 Å². The van der Waals surface area contributed by atoms with Crippen molar-refractivity contribution in [1.82, 2.24) is 19.3 Å². The lowest BCUT2D eigenvalue weighted by Crippen LogP contribution is -2.57. The lowest BCUT2D eigenvalue weighted by atomic mass is 10.0. The monoisotopic (exact) mass is 593 g/mol. The number of amides is 2. The summed E-state index contributed by atoms with van der Waals surface area (Å²) >= 11 is 0. The second kappa shape index (κ2) is 12.2. The Morgan fingerprint density at radius 1 is 1.02 bits per heavy atom. The van der Waals surface area contributed by atoms with Crippen LogP contribution in [-0.2, 0) is 16.1 Å². The number of piperazine rings is 1. The summed E-state index contributed by atoms with van der Waals surface area (Å²) in [6, 6.07) is 9.21. The van der Waals surface area contributed by atoms with E-state index in [0.717, 1.165) is 5.56 Å². The Morgan fingerprint density at radius 2 is 1.67 bits per heavy atom.